The summed E-state index contributed by atoms with van der Waals surface area (Å²) in [6, 6.07) is 4.31. The number of carbonyl (C=O) groups is 1. The number of amidine groups is 1. The van der Waals surface area contributed by atoms with Crippen molar-refractivity contribution in [1.29, 1.82) is 0 Å². The molecule has 0 fully saturated rings. The van der Waals surface area contributed by atoms with Gasteiger partial charge in [0.1, 0.15) is 24.9 Å². The Morgan fingerprint density at radius 3 is 2.22 bits per heavy atom. The third-order valence-electron chi connectivity index (χ3n) is 7.20. The summed E-state index contributed by atoms with van der Waals surface area (Å²) in [6.07, 6.45) is 6.32. The van der Waals surface area contributed by atoms with Crippen molar-refractivity contribution in [3.8, 4) is 5.75 Å². The number of rotatable bonds is 12. The number of benzene rings is 1. The lowest BCUT2D eigenvalue weighted by Gasteiger charge is -2.21. The van der Waals surface area contributed by atoms with Gasteiger partial charge >= 0.3 is 0 Å². The van der Waals surface area contributed by atoms with Crippen LogP contribution in [0.2, 0.25) is 0 Å². The number of likely N-dealkylation sites (N-methyl/N-ethyl adjacent to an activating group) is 2. The fraction of sp³-hybridized carbons (Fsp3) is 0.704. The van der Waals surface area contributed by atoms with E-state index in [4.69, 9.17) is 0 Å². The van der Waals surface area contributed by atoms with Crippen molar-refractivity contribution in [2.24, 2.45) is 0 Å². The Morgan fingerprint density at radius 1 is 1.16 bits per heavy atom. The van der Waals surface area contributed by atoms with Crippen LogP contribution in [0.5, 0.6) is 5.75 Å². The van der Waals surface area contributed by atoms with E-state index in [9.17, 15) is 9.90 Å². The third kappa shape index (κ3) is 6.49. The molecule has 1 aliphatic rings. The second-order valence-corrected chi connectivity index (χ2v) is 9.71. The van der Waals surface area contributed by atoms with Gasteiger partial charge in [0, 0.05) is 6.42 Å². The minimum Gasteiger partial charge on any atom is -0.507 e. The number of aryl methyl sites for hydroxylation is 1. The Bertz CT molecular complexity index is 771. The van der Waals surface area contributed by atoms with Crippen molar-refractivity contribution in [3.63, 3.8) is 0 Å². The lowest BCUT2D eigenvalue weighted by Crippen LogP contribution is -2.47. The molecule has 5 nitrogen and oxygen atoms in total. The average molecular weight is 445 g/mol. The van der Waals surface area contributed by atoms with Crippen LogP contribution in [0.25, 0.3) is 0 Å². The molecule has 0 aliphatic carbocycles. The molecule has 2 rings (SSSR count). The fourth-order valence-electron chi connectivity index (χ4n) is 4.63. The quantitative estimate of drug-likeness (QED) is 0.446. The van der Waals surface area contributed by atoms with Crippen LogP contribution >= 0.6 is 0 Å². The first kappa shape index (κ1) is 26.2. The molecule has 180 valence electrons. The van der Waals surface area contributed by atoms with Crippen LogP contribution < -0.4 is 5.32 Å². The van der Waals surface area contributed by atoms with Crippen molar-refractivity contribution in [3.05, 3.63) is 28.8 Å². The van der Waals surface area contributed by atoms with E-state index < -0.39 is 0 Å². The Kier molecular flexibility index (Phi) is 10.0. The van der Waals surface area contributed by atoms with Crippen LogP contribution in [-0.4, -0.2) is 59.6 Å². The molecular weight excluding hydrogens is 398 g/mol. The van der Waals surface area contributed by atoms with Crippen LogP contribution in [0.3, 0.4) is 0 Å². The second-order valence-electron chi connectivity index (χ2n) is 9.71. The molecular formula is C27H46N3O2+. The first-order valence-electron chi connectivity index (χ1n) is 12.7. The number of phenols is 1. The molecule has 1 aliphatic heterocycles. The van der Waals surface area contributed by atoms with Gasteiger partial charge in [0.15, 0.2) is 0 Å². The van der Waals surface area contributed by atoms with Crippen LogP contribution in [0, 0.1) is 0 Å². The lowest BCUT2D eigenvalue weighted by atomic mass is 9.87. The van der Waals surface area contributed by atoms with Gasteiger partial charge < -0.3 is 10.4 Å². The summed E-state index contributed by atoms with van der Waals surface area (Å²) in [6.45, 7) is 12.8. The molecule has 5 heteroatoms. The molecule has 0 spiro atoms. The third-order valence-corrected chi connectivity index (χ3v) is 7.20. The Labute approximate surface area is 195 Å². The molecule has 0 aromatic heterocycles. The minimum atomic E-state index is 0.0751. The lowest BCUT2D eigenvalue weighted by molar-refractivity contribution is -0.488. The summed E-state index contributed by atoms with van der Waals surface area (Å²) in [4.78, 5) is 15.2. The summed E-state index contributed by atoms with van der Waals surface area (Å²) in [5, 5.41) is 14.2. The van der Waals surface area contributed by atoms with E-state index in [-0.39, 0.29) is 11.9 Å². The number of hydrogen-bond acceptors (Lipinski definition) is 3. The Hall–Kier alpha value is -2.04. The number of nitrogens with one attached hydrogen (secondary N) is 1. The molecule has 0 radical (unpaired) electrons. The van der Waals surface area contributed by atoms with Gasteiger partial charge in [-0.25, -0.2) is 0 Å². The van der Waals surface area contributed by atoms with Crippen molar-refractivity contribution in [2.45, 2.75) is 97.4 Å². The molecule has 32 heavy (non-hydrogen) atoms. The van der Waals surface area contributed by atoms with Crippen LogP contribution in [0.4, 0.5) is 0 Å². The summed E-state index contributed by atoms with van der Waals surface area (Å²) < 4.78 is 2.28. The van der Waals surface area contributed by atoms with Crippen LogP contribution in [0.1, 0.15) is 102 Å². The van der Waals surface area contributed by atoms with Crippen molar-refractivity contribution in [1.82, 2.24) is 10.2 Å². The minimum absolute atomic E-state index is 0.0751. The highest BCUT2D eigenvalue weighted by Crippen LogP contribution is 2.37. The molecule has 3 unspecified atom stereocenters. The van der Waals surface area contributed by atoms with Gasteiger partial charge in [-0.1, -0.05) is 59.6 Å². The number of hydrogen-bond donors (Lipinski definition) is 2. The van der Waals surface area contributed by atoms with E-state index in [2.05, 4.69) is 75.6 Å². The van der Waals surface area contributed by atoms with Gasteiger partial charge in [-0.05, 0) is 54.2 Å². The van der Waals surface area contributed by atoms with Gasteiger partial charge in [0.25, 0.3) is 5.84 Å². The van der Waals surface area contributed by atoms with Gasteiger partial charge in [-0.15, -0.1) is 0 Å². The van der Waals surface area contributed by atoms with E-state index in [0.717, 1.165) is 61.9 Å². The highest BCUT2D eigenvalue weighted by Gasteiger charge is 2.33. The molecule has 0 saturated heterocycles. The summed E-state index contributed by atoms with van der Waals surface area (Å²) in [5.41, 5.74) is 3.19. The summed E-state index contributed by atoms with van der Waals surface area (Å²) >= 11 is 0. The van der Waals surface area contributed by atoms with Crippen LogP contribution in [0.15, 0.2) is 12.1 Å². The molecule has 0 bridgehead atoms. The number of aromatic hydroxyl groups is 1. The van der Waals surface area contributed by atoms with E-state index in [1.807, 2.05) is 0 Å². The predicted molar refractivity (Wildman–Crippen MR) is 134 cm³/mol. The van der Waals surface area contributed by atoms with E-state index in [1.54, 1.807) is 0 Å². The molecule has 1 amide bonds. The SMILES string of the molecule is CCCCC(NC(=O)CCc1cc(C(C)CC)c(O)c(C(C)CC)c1)C1=[N+](C)CCN1C. The monoisotopic (exact) mass is 444 g/mol. The van der Waals surface area contributed by atoms with E-state index >= 15 is 0 Å². The summed E-state index contributed by atoms with van der Waals surface area (Å²) in [7, 11) is 4.24. The first-order valence-corrected chi connectivity index (χ1v) is 12.7. The Morgan fingerprint density at radius 2 is 1.75 bits per heavy atom. The normalized spacial score (nSPS) is 16.9. The number of nitrogens with zero attached hydrogens (tertiary/aromatic N) is 2. The van der Waals surface area contributed by atoms with Crippen LogP contribution in [-0.2, 0) is 11.2 Å². The largest absolute Gasteiger partial charge is 0.507 e. The maximum atomic E-state index is 13.0. The second kappa shape index (κ2) is 12.3. The standard InChI is InChI=1S/C27H45N3O2/c1-8-11-12-24(27-29(6)15-16-30(27)7)28-25(31)14-13-21-17-22(19(4)9-2)26(32)23(18-21)20(5)10-3/h17-20,24H,8-16H2,1-7H3,(H-,28,31,32)/p+1. The molecule has 3 atom stereocenters. The number of amides is 1. The maximum Gasteiger partial charge on any atom is 0.269 e. The Balaban J connectivity index is 2.15. The maximum absolute atomic E-state index is 13.0. The van der Waals surface area contributed by atoms with Gasteiger partial charge in [0.2, 0.25) is 5.91 Å². The zero-order chi connectivity index (χ0) is 23.8. The number of unbranched alkanes of at least 4 members (excludes halogenated alkanes) is 1. The molecule has 0 saturated carbocycles. The first-order chi connectivity index (χ1) is 15.2. The molecule has 1 heterocycles. The predicted octanol–water partition coefficient (Wildman–Crippen LogP) is 5.01. The molecule has 1 aromatic carbocycles. The molecule has 1 aromatic rings. The topological polar surface area (TPSA) is 55.6 Å². The highest BCUT2D eigenvalue weighted by atomic mass is 16.3. The van der Waals surface area contributed by atoms with Gasteiger partial charge in [-0.3, -0.25) is 14.3 Å². The zero-order valence-electron chi connectivity index (χ0n) is 21.5. The van der Waals surface area contributed by atoms with Crippen molar-refractivity contribution < 1.29 is 14.5 Å². The number of phenolic OH excluding ortho intramolecular Hbond substituents is 1. The fourth-order valence-corrected chi connectivity index (χ4v) is 4.63. The van der Waals surface area contributed by atoms with Gasteiger partial charge in [0.05, 0.1) is 14.1 Å². The molecule has 2 N–H and O–H groups in total. The van der Waals surface area contributed by atoms with Gasteiger partial charge in [-0.2, -0.15) is 0 Å². The van der Waals surface area contributed by atoms with E-state index in [0.29, 0.717) is 30.4 Å². The van der Waals surface area contributed by atoms with Crippen molar-refractivity contribution >= 4 is 11.7 Å². The van der Waals surface area contributed by atoms with Crippen molar-refractivity contribution in [2.75, 3.05) is 27.2 Å². The number of carbonyl (C=O) groups excluding carboxylic acids is 1. The highest BCUT2D eigenvalue weighted by molar-refractivity contribution is 5.88. The average Bonchev–Trinajstić information content (AvgIpc) is 3.12. The zero-order valence-corrected chi connectivity index (χ0v) is 21.5. The van der Waals surface area contributed by atoms with E-state index in [1.165, 1.54) is 5.84 Å². The summed E-state index contributed by atoms with van der Waals surface area (Å²) in [5.74, 6) is 2.39. The smallest absolute Gasteiger partial charge is 0.269 e.